The molecule has 9 nitrogen and oxygen atoms in total. The first-order chi connectivity index (χ1) is 20.7. The average molecular weight is 602 g/mol. The monoisotopic (exact) mass is 601 g/mol. The number of alkyl halides is 3. The van der Waals surface area contributed by atoms with Gasteiger partial charge in [0.2, 0.25) is 6.29 Å². The molecular weight excluding hydrogens is 571 g/mol. The van der Waals surface area contributed by atoms with Crippen molar-refractivity contribution in [1.29, 1.82) is 0 Å². The lowest BCUT2D eigenvalue weighted by Gasteiger charge is -2.44. The van der Waals surface area contributed by atoms with Crippen LogP contribution in [0.1, 0.15) is 18.1 Å². The van der Waals surface area contributed by atoms with Crippen LogP contribution in [0.3, 0.4) is 0 Å². The number of carbonyl (C=O) groups excluding carboxylic acids is 2. The molecule has 1 heterocycles. The fourth-order valence-corrected chi connectivity index (χ4v) is 4.32. The summed E-state index contributed by atoms with van der Waals surface area (Å²) in [4.78, 5) is 28.6. The van der Waals surface area contributed by atoms with E-state index in [4.69, 9.17) is 28.4 Å². The minimum absolute atomic E-state index is 0.0356. The Morgan fingerprint density at radius 1 is 0.767 bits per heavy atom. The number of aliphatic imine (C=N–C) groups is 1. The van der Waals surface area contributed by atoms with Gasteiger partial charge in [-0.05, 0) is 23.3 Å². The molecule has 4 rings (SSSR count). The van der Waals surface area contributed by atoms with E-state index in [1.807, 2.05) is 0 Å². The van der Waals surface area contributed by atoms with E-state index in [1.54, 1.807) is 66.7 Å². The molecule has 228 valence electrons. The molecule has 0 N–H and O–H groups in total. The molecule has 0 amide bonds. The molecule has 1 aliphatic heterocycles. The lowest BCUT2D eigenvalue weighted by Crippen LogP contribution is -2.63. The van der Waals surface area contributed by atoms with Gasteiger partial charge in [-0.1, -0.05) is 78.9 Å². The molecule has 1 fully saturated rings. The van der Waals surface area contributed by atoms with E-state index in [-0.39, 0.29) is 18.9 Å². The van der Waals surface area contributed by atoms with Crippen molar-refractivity contribution < 1.29 is 51.2 Å². The Hall–Kier alpha value is -4.26. The van der Waals surface area contributed by atoms with Crippen LogP contribution < -0.4 is 0 Å². The third-order valence-electron chi connectivity index (χ3n) is 6.26. The molecule has 3 aromatic carbocycles. The van der Waals surface area contributed by atoms with Crippen LogP contribution in [0.4, 0.5) is 18.9 Å². The van der Waals surface area contributed by atoms with Crippen LogP contribution in [0.15, 0.2) is 96.0 Å². The van der Waals surface area contributed by atoms with Gasteiger partial charge in [-0.15, -0.1) is 0 Å². The van der Waals surface area contributed by atoms with Crippen molar-refractivity contribution in [2.75, 3.05) is 7.11 Å². The van der Waals surface area contributed by atoms with E-state index in [0.29, 0.717) is 11.1 Å². The molecule has 0 saturated carbocycles. The second-order valence-corrected chi connectivity index (χ2v) is 9.41. The highest BCUT2D eigenvalue weighted by Crippen LogP contribution is 2.33. The molecule has 1 saturated heterocycles. The van der Waals surface area contributed by atoms with E-state index in [9.17, 15) is 22.8 Å². The van der Waals surface area contributed by atoms with Crippen LogP contribution in [-0.2, 0) is 51.2 Å². The van der Waals surface area contributed by atoms with E-state index >= 15 is 0 Å². The largest absolute Gasteiger partial charge is 0.468 e. The van der Waals surface area contributed by atoms with Crippen molar-refractivity contribution in [3.63, 3.8) is 0 Å². The van der Waals surface area contributed by atoms with Gasteiger partial charge in [0.05, 0.1) is 26.0 Å². The molecule has 0 unspecified atom stereocenters. The summed E-state index contributed by atoms with van der Waals surface area (Å²) in [5, 5.41) is 0. The number of methoxy groups -OCH3 is 1. The summed E-state index contributed by atoms with van der Waals surface area (Å²) in [7, 11) is 1.06. The van der Waals surface area contributed by atoms with Gasteiger partial charge in [-0.3, -0.25) is 4.79 Å². The summed E-state index contributed by atoms with van der Waals surface area (Å²) in [6.07, 6.45) is -12.9. The normalized spacial score (nSPS) is 22.4. The number of halogens is 3. The molecule has 0 spiro atoms. The van der Waals surface area contributed by atoms with Crippen LogP contribution in [-0.4, -0.2) is 61.8 Å². The molecule has 0 aromatic heterocycles. The van der Waals surface area contributed by atoms with E-state index < -0.39 is 54.7 Å². The third-order valence-corrected chi connectivity index (χ3v) is 6.26. The number of benzene rings is 3. The summed E-state index contributed by atoms with van der Waals surface area (Å²) in [6.45, 7) is 0.936. The van der Waals surface area contributed by atoms with Crippen molar-refractivity contribution in [1.82, 2.24) is 0 Å². The van der Waals surface area contributed by atoms with Gasteiger partial charge in [0, 0.05) is 6.92 Å². The highest BCUT2D eigenvalue weighted by molar-refractivity contribution is 5.84. The summed E-state index contributed by atoms with van der Waals surface area (Å²) < 4.78 is 76.3. The predicted molar refractivity (Wildman–Crippen MR) is 147 cm³/mol. The highest BCUT2D eigenvalue weighted by atomic mass is 19.4. The van der Waals surface area contributed by atoms with Crippen molar-refractivity contribution in [3.05, 3.63) is 102 Å². The van der Waals surface area contributed by atoms with E-state index in [2.05, 4.69) is 4.99 Å². The fraction of sp³-hybridized carbons (Fsp3) is 0.323. The number of hydrogen-bond donors (Lipinski definition) is 0. The van der Waals surface area contributed by atoms with Gasteiger partial charge >= 0.3 is 18.1 Å². The lowest BCUT2D eigenvalue weighted by molar-refractivity contribution is -0.302. The Morgan fingerprint density at radius 2 is 1.28 bits per heavy atom. The number of ether oxygens (including phenoxy) is 6. The molecule has 5 atom stereocenters. The quantitative estimate of drug-likeness (QED) is 0.175. The number of esters is 2. The van der Waals surface area contributed by atoms with Crippen LogP contribution in [0.5, 0.6) is 0 Å². The van der Waals surface area contributed by atoms with Crippen LogP contribution in [0.2, 0.25) is 0 Å². The second-order valence-electron chi connectivity index (χ2n) is 9.41. The van der Waals surface area contributed by atoms with E-state index in [1.165, 1.54) is 24.3 Å². The number of hydrogen-bond acceptors (Lipinski definition) is 9. The van der Waals surface area contributed by atoms with Gasteiger partial charge in [-0.2, -0.15) is 13.2 Å². The minimum atomic E-state index is -5.06. The lowest BCUT2D eigenvalue weighted by atomic mass is 9.97. The van der Waals surface area contributed by atoms with Crippen molar-refractivity contribution in [2.24, 2.45) is 4.99 Å². The Morgan fingerprint density at radius 3 is 1.77 bits per heavy atom. The highest BCUT2D eigenvalue weighted by Gasteiger charge is 2.55. The Bertz CT molecular complexity index is 1360. The molecule has 3 aromatic rings. The number of rotatable bonds is 10. The van der Waals surface area contributed by atoms with Crippen molar-refractivity contribution in [3.8, 4) is 0 Å². The van der Waals surface area contributed by atoms with Gasteiger partial charge in [0.25, 0.3) is 5.90 Å². The summed E-state index contributed by atoms with van der Waals surface area (Å²) >= 11 is 0. The van der Waals surface area contributed by atoms with Gasteiger partial charge < -0.3 is 28.4 Å². The minimum Gasteiger partial charge on any atom is -0.467 e. The predicted octanol–water partition coefficient (Wildman–Crippen LogP) is 5.30. The zero-order valence-electron chi connectivity index (χ0n) is 23.3. The molecular formula is C31H30F3NO8. The molecule has 12 heteroatoms. The van der Waals surface area contributed by atoms with Gasteiger partial charge in [0.1, 0.15) is 12.2 Å². The number of para-hydroxylation sites is 1. The first-order valence-electron chi connectivity index (χ1n) is 13.2. The Labute approximate surface area is 246 Å². The van der Waals surface area contributed by atoms with E-state index in [0.717, 1.165) is 14.0 Å². The topological polar surface area (TPSA) is 102 Å². The third kappa shape index (κ3) is 8.87. The Balaban J connectivity index is 1.76. The average Bonchev–Trinajstić information content (AvgIpc) is 3.00. The standard InChI is InChI=1S/C31H30F3NO8/c1-20(36)41-25-24(39-18-21-12-6-3-7-13-21)27(40-19-22-14-8-4-9-15-22)29(42-26(25)28(37)38-2)43-30(31(32,33)34)35-23-16-10-5-11-17-23/h3-17,24-27,29H,18-19H2,1-2H3/t24-,25+,26-,27+,29-/m0/s1. The zero-order chi connectivity index (χ0) is 30.8. The number of nitrogens with zero attached hydrogens (tertiary/aromatic N) is 1. The SMILES string of the molecule is COC(=O)[C@H]1O[C@@H](OC(=Nc2ccccc2)C(F)(F)F)[C@H](OCc2ccccc2)[C@@H](OCc2ccccc2)[C@H]1OC(C)=O. The Kier molecular flexibility index (Phi) is 10.9. The van der Waals surface area contributed by atoms with Crippen molar-refractivity contribution >= 4 is 23.5 Å². The smallest absolute Gasteiger partial charge is 0.467 e. The van der Waals surface area contributed by atoms with Crippen LogP contribution >= 0.6 is 0 Å². The molecule has 43 heavy (non-hydrogen) atoms. The second kappa shape index (κ2) is 14.8. The first-order valence-corrected chi connectivity index (χ1v) is 13.2. The van der Waals surface area contributed by atoms with Gasteiger partial charge in [-0.25, -0.2) is 9.79 Å². The molecule has 1 aliphatic rings. The zero-order valence-corrected chi connectivity index (χ0v) is 23.3. The molecule has 0 bridgehead atoms. The summed E-state index contributed by atoms with van der Waals surface area (Å²) in [5.41, 5.74) is 1.34. The molecule has 0 radical (unpaired) electrons. The maximum absolute atomic E-state index is 14.2. The molecule has 0 aliphatic carbocycles. The van der Waals surface area contributed by atoms with Crippen LogP contribution in [0.25, 0.3) is 0 Å². The number of carbonyl (C=O) groups is 2. The first kappa shape index (κ1) is 31.7. The van der Waals surface area contributed by atoms with Gasteiger partial charge in [0.15, 0.2) is 12.2 Å². The fourth-order valence-electron chi connectivity index (χ4n) is 4.32. The van der Waals surface area contributed by atoms with Crippen molar-refractivity contribution in [2.45, 2.75) is 57.0 Å². The van der Waals surface area contributed by atoms with Crippen LogP contribution in [0, 0.1) is 0 Å². The summed E-state index contributed by atoms with van der Waals surface area (Å²) in [5.74, 6) is -3.46. The maximum atomic E-state index is 14.2. The maximum Gasteiger partial charge on any atom is 0.468 e. The summed E-state index contributed by atoms with van der Waals surface area (Å²) in [6, 6.07) is 25.0.